The maximum Gasteiger partial charge on any atom is 0.268 e. The highest BCUT2D eigenvalue weighted by Gasteiger charge is 2.50. The lowest BCUT2D eigenvalue weighted by Crippen LogP contribution is -2.59. The van der Waals surface area contributed by atoms with Crippen LogP contribution in [0.3, 0.4) is 0 Å². The number of H-pyrrole nitrogens is 1. The van der Waals surface area contributed by atoms with E-state index in [2.05, 4.69) is 10.3 Å². The minimum Gasteiger partial charge on any atom is -0.496 e. The van der Waals surface area contributed by atoms with Gasteiger partial charge in [-0.3, -0.25) is 14.4 Å². The minimum absolute atomic E-state index is 0.0909. The van der Waals surface area contributed by atoms with E-state index in [-0.39, 0.29) is 29.8 Å². The van der Waals surface area contributed by atoms with Gasteiger partial charge in [-0.1, -0.05) is 50.6 Å². The monoisotopic (exact) mass is 522 g/mol. The molecule has 8 nitrogen and oxygen atoms in total. The van der Waals surface area contributed by atoms with Gasteiger partial charge in [0.1, 0.15) is 17.5 Å². The molecule has 2 N–H and O–H groups in total. The third-order valence-corrected chi connectivity index (χ3v) is 7.58. The van der Waals surface area contributed by atoms with Gasteiger partial charge < -0.3 is 24.8 Å². The van der Waals surface area contributed by atoms with Gasteiger partial charge in [0.2, 0.25) is 5.91 Å². The summed E-state index contributed by atoms with van der Waals surface area (Å²) in [6.45, 7) is 6.70. The smallest absolute Gasteiger partial charge is 0.268 e. The highest BCUT2D eigenvalue weighted by atomic mass is 35.5. The van der Waals surface area contributed by atoms with Crippen molar-refractivity contribution in [1.29, 1.82) is 0 Å². The number of nitrogens with one attached hydrogen (secondary N) is 2. The topological polar surface area (TPSA) is 94.7 Å². The maximum absolute atomic E-state index is 13.8. The van der Waals surface area contributed by atoms with Crippen molar-refractivity contribution in [3.05, 3.63) is 64.8 Å². The average molecular weight is 523 g/mol. The molecule has 3 atom stereocenters. The number of carbonyl (C=O) groups is 3. The molecule has 1 unspecified atom stereocenters. The molecule has 3 heterocycles. The molecule has 3 aromatic rings. The summed E-state index contributed by atoms with van der Waals surface area (Å²) in [5, 5.41) is 4.41. The molecular weight excluding hydrogens is 492 g/mol. The normalized spacial score (nSPS) is 19.8. The van der Waals surface area contributed by atoms with Crippen LogP contribution in [0.4, 0.5) is 0 Å². The van der Waals surface area contributed by atoms with Crippen LogP contribution in [0.15, 0.2) is 48.5 Å². The van der Waals surface area contributed by atoms with E-state index in [1.165, 1.54) is 7.11 Å². The lowest BCUT2D eigenvalue weighted by molar-refractivity contribution is -0.138. The molecule has 5 rings (SSSR count). The molecule has 2 aliphatic heterocycles. The second kappa shape index (κ2) is 9.41. The first-order valence-corrected chi connectivity index (χ1v) is 12.8. The summed E-state index contributed by atoms with van der Waals surface area (Å²) in [6.07, 6.45) is 0.709. The molecule has 194 valence electrons. The molecule has 2 bridgehead atoms. The van der Waals surface area contributed by atoms with E-state index in [0.29, 0.717) is 41.5 Å². The summed E-state index contributed by atoms with van der Waals surface area (Å²) in [6, 6.07) is 13.5. The number of aromatic amines is 1. The Morgan fingerprint density at radius 3 is 2.41 bits per heavy atom. The van der Waals surface area contributed by atoms with Gasteiger partial charge in [-0.05, 0) is 42.2 Å². The third kappa shape index (κ3) is 4.66. The number of hydrogen-bond acceptors (Lipinski definition) is 4. The maximum atomic E-state index is 13.8. The number of carbonyl (C=O) groups excluding carboxylic acids is 3. The third-order valence-electron chi connectivity index (χ3n) is 7.34. The van der Waals surface area contributed by atoms with Gasteiger partial charge in [0.15, 0.2) is 0 Å². The Labute approximate surface area is 220 Å². The zero-order chi connectivity index (χ0) is 26.5. The first-order chi connectivity index (χ1) is 17.6. The standard InChI is InChI=1S/C28H31ClN4O4/c1-28(2,3)24(31-25(34)22-11-16-7-5-6-8-21(16)30-22)27(36)33-15-18-13-19(33)14-32(18)26(35)20-10-9-17(29)12-23(20)37-4/h5-12,18-19,24,30H,13-15H2,1-4H3,(H,31,34)/t18-,19-,24?/m0/s1. The molecule has 2 aromatic carbocycles. The fourth-order valence-corrected chi connectivity index (χ4v) is 5.56. The molecule has 2 fully saturated rings. The number of rotatable bonds is 5. The Bertz CT molecular complexity index is 1350. The minimum atomic E-state index is -0.716. The average Bonchev–Trinajstić information content (AvgIpc) is 3.59. The summed E-state index contributed by atoms with van der Waals surface area (Å²) < 4.78 is 5.37. The summed E-state index contributed by atoms with van der Waals surface area (Å²) in [7, 11) is 1.51. The van der Waals surface area contributed by atoms with Gasteiger partial charge >= 0.3 is 0 Å². The molecule has 0 aliphatic carbocycles. The molecule has 37 heavy (non-hydrogen) atoms. The summed E-state index contributed by atoms with van der Waals surface area (Å²) >= 11 is 6.06. The number of nitrogens with zero attached hydrogens (tertiary/aromatic N) is 2. The Morgan fingerprint density at radius 2 is 1.76 bits per heavy atom. The Morgan fingerprint density at radius 1 is 1.05 bits per heavy atom. The van der Waals surface area contributed by atoms with E-state index in [4.69, 9.17) is 16.3 Å². The number of hydrogen-bond donors (Lipinski definition) is 2. The van der Waals surface area contributed by atoms with Crippen LogP contribution in [-0.4, -0.2) is 70.8 Å². The van der Waals surface area contributed by atoms with Gasteiger partial charge in [0, 0.05) is 29.0 Å². The Kier molecular flexibility index (Phi) is 6.40. The lowest BCUT2D eigenvalue weighted by atomic mass is 9.85. The molecule has 0 radical (unpaired) electrons. The number of halogens is 1. The van der Waals surface area contributed by atoms with Crippen LogP contribution in [0.5, 0.6) is 5.75 Å². The number of amides is 3. The van der Waals surface area contributed by atoms with Crippen molar-refractivity contribution in [2.75, 3.05) is 20.2 Å². The summed E-state index contributed by atoms with van der Waals surface area (Å²) in [5.41, 5.74) is 1.23. The van der Waals surface area contributed by atoms with Crippen LogP contribution in [0.25, 0.3) is 10.9 Å². The summed E-state index contributed by atoms with van der Waals surface area (Å²) in [5.74, 6) is -0.144. The van der Waals surface area contributed by atoms with Crippen molar-refractivity contribution in [3.8, 4) is 5.75 Å². The van der Waals surface area contributed by atoms with Gasteiger partial charge in [-0.25, -0.2) is 0 Å². The number of fused-ring (bicyclic) bond motifs is 3. The van der Waals surface area contributed by atoms with Crippen LogP contribution in [-0.2, 0) is 4.79 Å². The van der Waals surface area contributed by atoms with Crippen LogP contribution < -0.4 is 10.1 Å². The van der Waals surface area contributed by atoms with Crippen LogP contribution in [0, 0.1) is 5.41 Å². The van der Waals surface area contributed by atoms with Crippen molar-refractivity contribution in [3.63, 3.8) is 0 Å². The van der Waals surface area contributed by atoms with E-state index >= 15 is 0 Å². The number of likely N-dealkylation sites (tertiary alicyclic amines) is 2. The Balaban J connectivity index is 1.30. The van der Waals surface area contributed by atoms with E-state index in [9.17, 15) is 14.4 Å². The van der Waals surface area contributed by atoms with Crippen molar-refractivity contribution < 1.29 is 19.1 Å². The van der Waals surface area contributed by atoms with Crippen molar-refractivity contribution in [2.45, 2.75) is 45.3 Å². The van der Waals surface area contributed by atoms with E-state index in [0.717, 1.165) is 10.9 Å². The molecule has 9 heteroatoms. The number of aromatic nitrogens is 1. The zero-order valence-corrected chi connectivity index (χ0v) is 22.1. The highest BCUT2D eigenvalue weighted by Crippen LogP contribution is 2.35. The zero-order valence-electron chi connectivity index (χ0n) is 21.4. The molecular formula is C28H31ClN4O4. The highest BCUT2D eigenvalue weighted by molar-refractivity contribution is 6.30. The summed E-state index contributed by atoms with van der Waals surface area (Å²) in [4.78, 5) is 47.0. The number of piperazine rings is 1. The second-order valence-electron chi connectivity index (χ2n) is 10.9. The number of para-hydroxylation sites is 1. The fraction of sp³-hybridized carbons (Fsp3) is 0.393. The van der Waals surface area contributed by atoms with Crippen molar-refractivity contribution in [1.82, 2.24) is 20.1 Å². The quantitative estimate of drug-likeness (QED) is 0.527. The van der Waals surface area contributed by atoms with Gasteiger partial charge in [0.05, 0.1) is 24.8 Å². The molecule has 1 aromatic heterocycles. The van der Waals surface area contributed by atoms with Crippen LogP contribution in [0.1, 0.15) is 48.0 Å². The second-order valence-corrected chi connectivity index (χ2v) is 11.3. The van der Waals surface area contributed by atoms with Crippen LogP contribution >= 0.6 is 11.6 Å². The van der Waals surface area contributed by atoms with Crippen molar-refractivity contribution >= 4 is 40.2 Å². The number of benzene rings is 2. The van der Waals surface area contributed by atoms with Gasteiger partial charge in [0.25, 0.3) is 11.8 Å². The number of ether oxygens (including phenoxy) is 1. The first-order valence-electron chi connectivity index (χ1n) is 12.4. The predicted octanol–water partition coefficient (Wildman–Crippen LogP) is 4.10. The SMILES string of the molecule is COc1cc(Cl)ccc1C(=O)N1C[C@@H]2C[C@H]1CN2C(=O)C(NC(=O)c1cc2ccccc2[nH]1)C(C)(C)C. The number of methoxy groups -OCH3 is 1. The largest absolute Gasteiger partial charge is 0.496 e. The lowest BCUT2D eigenvalue weighted by Gasteiger charge is -2.39. The molecule has 3 amide bonds. The van der Waals surface area contributed by atoms with E-state index < -0.39 is 11.5 Å². The van der Waals surface area contributed by atoms with Gasteiger partial charge in [-0.2, -0.15) is 0 Å². The van der Waals surface area contributed by atoms with E-state index in [1.54, 1.807) is 24.3 Å². The molecule has 2 saturated heterocycles. The first kappa shape index (κ1) is 25.1. The van der Waals surface area contributed by atoms with E-state index in [1.807, 2.05) is 54.8 Å². The van der Waals surface area contributed by atoms with Crippen LogP contribution in [0.2, 0.25) is 5.02 Å². The Hall–Kier alpha value is -3.52. The molecule has 2 aliphatic rings. The van der Waals surface area contributed by atoms with Gasteiger partial charge in [-0.15, -0.1) is 0 Å². The fourth-order valence-electron chi connectivity index (χ4n) is 5.40. The predicted molar refractivity (Wildman–Crippen MR) is 142 cm³/mol. The van der Waals surface area contributed by atoms with Crippen molar-refractivity contribution in [2.24, 2.45) is 5.41 Å². The molecule has 0 saturated carbocycles. The molecule has 0 spiro atoms.